The van der Waals surface area contributed by atoms with Crippen molar-refractivity contribution in [2.24, 2.45) is 0 Å². The zero-order valence-corrected chi connectivity index (χ0v) is 13.4. The second-order valence-electron chi connectivity index (χ2n) is 5.25. The molecular formula is C14H16F3N3O5. The van der Waals surface area contributed by atoms with Gasteiger partial charge >= 0.3 is 12.1 Å². The molecule has 2 rings (SSSR count). The number of rotatable bonds is 5. The topological polar surface area (TPSA) is 89.9 Å². The highest BCUT2D eigenvalue weighted by Crippen LogP contribution is 2.28. The van der Waals surface area contributed by atoms with Crippen LogP contribution in [0.3, 0.4) is 0 Å². The maximum atomic E-state index is 12.9. The molecule has 11 heteroatoms. The van der Waals surface area contributed by atoms with Crippen molar-refractivity contribution in [3.05, 3.63) is 28.2 Å². The number of halogens is 3. The molecule has 1 amide bonds. The van der Waals surface area contributed by atoms with E-state index in [1.165, 1.54) is 13.3 Å². The van der Waals surface area contributed by atoms with Crippen molar-refractivity contribution in [3.63, 3.8) is 0 Å². The predicted molar refractivity (Wildman–Crippen MR) is 78.7 cm³/mol. The lowest BCUT2D eigenvalue weighted by Gasteiger charge is -2.36. The van der Waals surface area contributed by atoms with E-state index in [1.54, 1.807) is 0 Å². The maximum absolute atomic E-state index is 12.9. The molecule has 1 N–H and O–H groups in total. The van der Waals surface area contributed by atoms with Crippen molar-refractivity contribution in [1.82, 2.24) is 9.58 Å². The van der Waals surface area contributed by atoms with Crippen LogP contribution in [0.15, 0.2) is 17.1 Å². The van der Waals surface area contributed by atoms with Gasteiger partial charge in [0.25, 0.3) is 5.91 Å². The third-order valence-corrected chi connectivity index (χ3v) is 3.60. The standard InChI is InChI=1S/C14H16F3N3O5/c1-8(14(15,16)17)19-7-18-20-5-3-9(21)12(11(20)13(19)23)25-10(22)4-6-24-2/h3,5,8,18H,4,6-7H2,1-2H3/t8-/m1/s1. The Kier molecular flexibility index (Phi) is 5.36. The molecule has 0 radical (unpaired) electrons. The third-order valence-electron chi connectivity index (χ3n) is 3.60. The van der Waals surface area contributed by atoms with Gasteiger partial charge in [-0.3, -0.25) is 19.1 Å². The van der Waals surface area contributed by atoms with E-state index in [9.17, 15) is 27.6 Å². The molecule has 0 aromatic carbocycles. The van der Waals surface area contributed by atoms with Crippen LogP contribution in [0.1, 0.15) is 23.8 Å². The Bertz CT molecular complexity index is 731. The van der Waals surface area contributed by atoms with Crippen LogP contribution in [0, 0.1) is 0 Å². The molecule has 0 aliphatic carbocycles. The Balaban J connectivity index is 2.38. The van der Waals surface area contributed by atoms with Gasteiger partial charge in [0.15, 0.2) is 5.69 Å². The summed E-state index contributed by atoms with van der Waals surface area (Å²) in [5, 5.41) is 0. The number of hydrogen-bond acceptors (Lipinski definition) is 6. The number of methoxy groups -OCH3 is 1. The summed E-state index contributed by atoms with van der Waals surface area (Å²) < 4.78 is 49.4. The zero-order chi connectivity index (χ0) is 18.8. The van der Waals surface area contributed by atoms with E-state index in [1.807, 2.05) is 0 Å². The van der Waals surface area contributed by atoms with Crippen molar-refractivity contribution in [2.75, 3.05) is 25.8 Å². The number of nitrogens with one attached hydrogen (secondary N) is 1. The van der Waals surface area contributed by atoms with E-state index >= 15 is 0 Å². The monoisotopic (exact) mass is 363 g/mol. The molecule has 0 saturated carbocycles. The van der Waals surface area contributed by atoms with Crippen LogP contribution in [-0.2, 0) is 9.53 Å². The molecular weight excluding hydrogens is 347 g/mol. The summed E-state index contributed by atoms with van der Waals surface area (Å²) in [5.74, 6) is -2.54. The Morgan fingerprint density at radius 3 is 2.68 bits per heavy atom. The minimum Gasteiger partial charge on any atom is -0.420 e. The highest BCUT2D eigenvalue weighted by atomic mass is 19.4. The van der Waals surface area contributed by atoms with Crippen LogP contribution in [0.2, 0.25) is 0 Å². The van der Waals surface area contributed by atoms with E-state index in [4.69, 9.17) is 9.47 Å². The molecule has 0 unspecified atom stereocenters. The molecule has 0 spiro atoms. The molecule has 1 atom stereocenters. The van der Waals surface area contributed by atoms with Crippen molar-refractivity contribution in [2.45, 2.75) is 25.6 Å². The van der Waals surface area contributed by atoms with Crippen molar-refractivity contribution in [3.8, 4) is 5.75 Å². The lowest BCUT2D eigenvalue weighted by molar-refractivity contribution is -0.172. The summed E-state index contributed by atoms with van der Waals surface area (Å²) in [5.41, 5.74) is 1.28. The normalized spacial score (nSPS) is 15.4. The van der Waals surface area contributed by atoms with E-state index in [0.717, 1.165) is 17.7 Å². The number of esters is 1. The number of aromatic nitrogens is 1. The predicted octanol–water partition coefficient (Wildman–Crippen LogP) is 0.698. The number of amides is 1. The largest absolute Gasteiger partial charge is 0.420 e. The highest BCUT2D eigenvalue weighted by molar-refractivity contribution is 5.97. The smallest absolute Gasteiger partial charge is 0.408 e. The summed E-state index contributed by atoms with van der Waals surface area (Å²) in [7, 11) is 1.36. The Morgan fingerprint density at radius 1 is 1.40 bits per heavy atom. The summed E-state index contributed by atoms with van der Waals surface area (Å²) >= 11 is 0. The van der Waals surface area contributed by atoms with Gasteiger partial charge < -0.3 is 19.8 Å². The van der Waals surface area contributed by atoms with Crippen molar-refractivity contribution < 1.29 is 32.2 Å². The summed E-state index contributed by atoms with van der Waals surface area (Å²) in [6.45, 7) is 0.422. The van der Waals surface area contributed by atoms with Crippen LogP contribution in [-0.4, -0.2) is 54.1 Å². The number of pyridine rings is 1. The SMILES string of the molecule is COCCC(=O)Oc1c2n(ccc1=O)NCN([C@H](C)C(F)(F)F)C2=O. The number of ether oxygens (including phenoxy) is 2. The first kappa shape index (κ1) is 18.8. The van der Waals surface area contributed by atoms with Crippen molar-refractivity contribution >= 4 is 11.9 Å². The Labute approximate surface area is 140 Å². The average Bonchev–Trinajstić information content (AvgIpc) is 2.54. The molecule has 25 heavy (non-hydrogen) atoms. The fraction of sp³-hybridized carbons (Fsp3) is 0.500. The second-order valence-corrected chi connectivity index (χ2v) is 5.25. The number of fused-ring (bicyclic) bond motifs is 1. The van der Waals surface area contributed by atoms with Crippen molar-refractivity contribution in [1.29, 1.82) is 0 Å². The van der Waals surface area contributed by atoms with Gasteiger partial charge in [0.2, 0.25) is 11.2 Å². The molecule has 1 aliphatic rings. The minimum atomic E-state index is -4.65. The quantitative estimate of drug-likeness (QED) is 0.775. The molecule has 0 bridgehead atoms. The van der Waals surface area contributed by atoms with Crippen LogP contribution < -0.4 is 15.6 Å². The lowest BCUT2D eigenvalue weighted by Crippen LogP contribution is -2.54. The molecule has 138 valence electrons. The minimum absolute atomic E-state index is 0.0264. The van der Waals surface area contributed by atoms with Crippen LogP contribution >= 0.6 is 0 Å². The summed E-state index contributed by atoms with van der Waals surface area (Å²) in [6, 6.07) is -1.06. The number of carbonyl (C=O) groups excluding carboxylic acids is 2. The number of nitrogens with zero attached hydrogens (tertiary/aromatic N) is 2. The van der Waals surface area contributed by atoms with Gasteiger partial charge in [-0.05, 0) is 6.92 Å². The molecule has 1 aromatic heterocycles. The van der Waals surface area contributed by atoms with Gasteiger partial charge in [0, 0.05) is 19.4 Å². The molecule has 0 fully saturated rings. The van der Waals surface area contributed by atoms with Crippen LogP contribution in [0.25, 0.3) is 0 Å². The average molecular weight is 363 g/mol. The summed E-state index contributed by atoms with van der Waals surface area (Å²) in [6.07, 6.45) is -3.66. The second kappa shape index (κ2) is 7.13. The summed E-state index contributed by atoms with van der Waals surface area (Å²) in [4.78, 5) is 36.7. The first-order chi connectivity index (χ1) is 11.7. The molecule has 1 aromatic rings. The van der Waals surface area contributed by atoms with E-state index in [0.29, 0.717) is 4.90 Å². The van der Waals surface area contributed by atoms with Gasteiger partial charge in [-0.15, -0.1) is 0 Å². The highest BCUT2D eigenvalue weighted by Gasteiger charge is 2.44. The fourth-order valence-electron chi connectivity index (χ4n) is 2.15. The van der Waals surface area contributed by atoms with Gasteiger partial charge in [-0.25, -0.2) is 0 Å². The van der Waals surface area contributed by atoms with Gasteiger partial charge in [-0.1, -0.05) is 0 Å². The molecule has 2 heterocycles. The molecule has 8 nitrogen and oxygen atoms in total. The van der Waals surface area contributed by atoms with Gasteiger partial charge in [0.05, 0.1) is 13.0 Å². The van der Waals surface area contributed by atoms with E-state index < -0.39 is 47.6 Å². The molecule has 0 saturated heterocycles. The zero-order valence-electron chi connectivity index (χ0n) is 13.4. The Hall–Kier alpha value is -2.56. The molecule has 1 aliphatic heterocycles. The first-order valence-corrected chi connectivity index (χ1v) is 7.23. The first-order valence-electron chi connectivity index (χ1n) is 7.23. The number of hydrogen-bond donors (Lipinski definition) is 1. The van der Waals surface area contributed by atoms with Crippen LogP contribution in [0.5, 0.6) is 5.75 Å². The van der Waals surface area contributed by atoms with E-state index in [-0.39, 0.29) is 13.0 Å². The number of alkyl halides is 3. The maximum Gasteiger partial charge on any atom is 0.408 e. The third kappa shape index (κ3) is 3.92. The Morgan fingerprint density at radius 2 is 2.08 bits per heavy atom. The van der Waals surface area contributed by atoms with Gasteiger partial charge in [-0.2, -0.15) is 13.2 Å². The van der Waals surface area contributed by atoms with E-state index in [2.05, 4.69) is 5.43 Å². The van der Waals surface area contributed by atoms with Crippen LogP contribution in [0.4, 0.5) is 13.2 Å². The lowest BCUT2D eigenvalue weighted by atomic mass is 10.2. The number of carbonyl (C=O) groups is 2. The van der Waals surface area contributed by atoms with Gasteiger partial charge in [0.1, 0.15) is 12.7 Å². The fourth-order valence-corrected chi connectivity index (χ4v) is 2.15.